The van der Waals surface area contributed by atoms with Gasteiger partial charge in [0.25, 0.3) is 0 Å². The molecule has 0 atom stereocenters. The fourth-order valence-electron chi connectivity index (χ4n) is 2.47. The molecule has 3 rings (SSSR count). The Morgan fingerprint density at radius 1 is 1.12 bits per heavy atom. The van der Waals surface area contributed by atoms with Gasteiger partial charge in [-0.2, -0.15) is 0 Å². The quantitative estimate of drug-likeness (QED) is 0.543. The number of nitrogens with zero attached hydrogens (tertiary/aromatic N) is 3. The summed E-state index contributed by atoms with van der Waals surface area (Å²) in [5.41, 5.74) is 4.01. The first kappa shape index (κ1) is 15.9. The summed E-state index contributed by atoms with van der Waals surface area (Å²) in [6.45, 7) is 5.86. The zero-order chi connectivity index (χ0) is 17.1. The number of aryl methyl sites for hydroxylation is 2. The van der Waals surface area contributed by atoms with E-state index in [2.05, 4.69) is 17.2 Å². The molecule has 24 heavy (non-hydrogen) atoms. The Morgan fingerprint density at radius 3 is 2.54 bits per heavy atom. The van der Waals surface area contributed by atoms with Crippen LogP contribution >= 0.6 is 0 Å². The van der Waals surface area contributed by atoms with E-state index in [4.69, 9.17) is 4.74 Å². The van der Waals surface area contributed by atoms with Crippen LogP contribution in [0.25, 0.3) is 5.69 Å². The molecule has 0 aliphatic carbocycles. The Bertz CT molecular complexity index is 867. The molecule has 1 aromatic heterocycles. The smallest absolute Gasteiger partial charge is 0.366 e. The van der Waals surface area contributed by atoms with Crippen molar-refractivity contribution in [3.8, 4) is 11.4 Å². The highest BCUT2D eigenvalue weighted by Crippen LogP contribution is 2.17. The average Bonchev–Trinajstić information content (AvgIpc) is 2.96. The highest BCUT2D eigenvalue weighted by molar-refractivity contribution is 5.90. The highest BCUT2D eigenvalue weighted by atomic mass is 16.5. The van der Waals surface area contributed by atoms with Gasteiger partial charge in [0.15, 0.2) is 5.69 Å². The Morgan fingerprint density at radius 2 is 1.88 bits per heavy atom. The normalized spacial score (nSPS) is 10.6. The summed E-state index contributed by atoms with van der Waals surface area (Å²) in [6.07, 6.45) is 0.977. The number of benzene rings is 2. The third-order valence-corrected chi connectivity index (χ3v) is 3.88. The molecule has 0 fully saturated rings. The summed E-state index contributed by atoms with van der Waals surface area (Å²) in [4.78, 5) is 12.4. The zero-order valence-corrected chi connectivity index (χ0v) is 14.0. The van der Waals surface area contributed by atoms with Crippen molar-refractivity contribution in [2.45, 2.75) is 27.2 Å². The maximum Gasteiger partial charge on any atom is 0.366 e. The van der Waals surface area contributed by atoms with E-state index in [1.54, 1.807) is 23.7 Å². The van der Waals surface area contributed by atoms with Gasteiger partial charge in [0.2, 0.25) is 0 Å². The summed E-state index contributed by atoms with van der Waals surface area (Å²) in [7, 11) is 0. The van der Waals surface area contributed by atoms with E-state index < -0.39 is 5.97 Å². The van der Waals surface area contributed by atoms with Crippen molar-refractivity contribution in [3.05, 3.63) is 71.0 Å². The molecule has 0 saturated carbocycles. The number of hydrogen-bond acceptors (Lipinski definition) is 4. The minimum absolute atomic E-state index is 0.219. The predicted octanol–water partition coefficient (Wildman–Crippen LogP) is 3.67. The largest absolute Gasteiger partial charge is 0.422 e. The van der Waals surface area contributed by atoms with Crippen LogP contribution in [0.15, 0.2) is 48.5 Å². The van der Waals surface area contributed by atoms with Gasteiger partial charge in [0.05, 0.1) is 11.4 Å². The van der Waals surface area contributed by atoms with Crippen LogP contribution in [0.3, 0.4) is 0 Å². The molecule has 5 heteroatoms. The van der Waals surface area contributed by atoms with Gasteiger partial charge in [0, 0.05) is 0 Å². The summed E-state index contributed by atoms with van der Waals surface area (Å²) in [5, 5.41) is 8.08. The molecule has 2 aromatic carbocycles. The molecule has 0 spiro atoms. The Kier molecular flexibility index (Phi) is 4.42. The summed E-state index contributed by atoms with van der Waals surface area (Å²) < 4.78 is 7.04. The van der Waals surface area contributed by atoms with Gasteiger partial charge < -0.3 is 4.74 Å². The van der Waals surface area contributed by atoms with E-state index in [0.717, 1.165) is 17.7 Å². The Labute approximate surface area is 140 Å². The molecule has 3 aromatic rings. The second kappa shape index (κ2) is 6.66. The number of aromatic nitrogens is 3. The first-order chi connectivity index (χ1) is 11.6. The molecule has 0 N–H and O–H groups in total. The fourth-order valence-corrected chi connectivity index (χ4v) is 2.47. The van der Waals surface area contributed by atoms with Crippen molar-refractivity contribution in [2.75, 3.05) is 0 Å². The lowest BCUT2D eigenvalue weighted by Gasteiger charge is -2.05. The molecule has 122 valence electrons. The number of ether oxygens (including phenoxy) is 1. The number of esters is 1. The molecule has 1 heterocycles. The minimum Gasteiger partial charge on any atom is -0.422 e. The fraction of sp³-hybridized carbons (Fsp3) is 0.211. The Hall–Kier alpha value is -2.95. The van der Waals surface area contributed by atoms with Crippen LogP contribution in [0.4, 0.5) is 0 Å². The minimum atomic E-state index is -0.505. The van der Waals surface area contributed by atoms with E-state index in [9.17, 15) is 4.79 Å². The number of hydrogen-bond donors (Lipinski definition) is 0. The van der Waals surface area contributed by atoms with Gasteiger partial charge in [-0.1, -0.05) is 36.4 Å². The van der Waals surface area contributed by atoms with Crippen LogP contribution in [0, 0.1) is 13.8 Å². The van der Waals surface area contributed by atoms with Crippen molar-refractivity contribution in [2.24, 2.45) is 0 Å². The molecule has 5 nitrogen and oxygen atoms in total. The van der Waals surface area contributed by atoms with Crippen molar-refractivity contribution < 1.29 is 9.53 Å². The van der Waals surface area contributed by atoms with E-state index in [-0.39, 0.29) is 5.69 Å². The van der Waals surface area contributed by atoms with Crippen molar-refractivity contribution in [3.63, 3.8) is 0 Å². The standard InChI is InChI=1S/C19H19N3O2/c1-4-15-8-10-16(11-9-15)22-14(3)18(20-21-22)19(23)24-17-7-5-6-13(2)12-17/h5-12H,4H2,1-3H3. The van der Waals surface area contributed by atoms with Gasteiger partial charge in [-0.25, -0.2) is 9.48 Å². The molecule has 0 aliphatic rings. The van der Waals surface area contributed by atoms with E-state index in [0.29, 0.717) is 11.4 Å². The maximum absolute atomic E-state index is 12.4. The van der Waals surface area contributed by atoms with Crippen LogP contribution in [-0.4, -0.2) is 21.0 Å². The van der Waals surface area contributed by atoms with Gasteiger partial charge in [-0.15, -0.1) is 5.10 Å². The second-order valence-electron chi connectivity index (χ2n) is 5.66. The van der Waals surface area contributed by atoms with Gasteiger partial charge in [0.1, 0.15) is 5.75 Å². The van der Waals surface area contributed by atoms with Crippen LogP contribution in [0.2, 0.25) is 0 Å². The van der Waals surface area contributed by atoms with Crippen LogP contribution < -0.4 is 4.74 Å². The lowest BCUT2D eigenvalue weighted by atomic mass is 10.1. The molecule has 0 bridgehead atoms. The van der Waals surface area contributed by atoms with Crippen molar-refractivity contribution >= 4 is 5.97 Å². The monoisotopic (exact) mass is 321 g/mol. The summed E-state index contributed by atoms with van der Waals surface area (Å²) in [5.74, 6) is -0.00391. The molecular formula is C19H19N3O2. The first-order valence-corrected chi connectivity index (χ1v) is 7.89. The maximum atomic E-state index is 12.4. The molecule has 0 radical (unpaired) electrons. The molecule has 0 aliphatic heterocycles. The lowest BCUT2D eigenvalue weighted by molar-refractivity contribution is 0.0727. The van der Waals surface area contributed by atoms with Gasteiger partial charge >= 0.3 is 5.97 Å². The second-order valence-corrected chi connectivity index (χ2v) is 5.66. The SMILES string of the molecule is CCc1ccc(-n2nnc(C(=O)Oc3cccc(C)c3)c2C)cc1. The van der Waals surface area contributed by atoms with E-state index in [1.165, 1.54) is 5.56 Å². The van der Waals surface area contributed by atoms with Gasteiger partial charge in [-0.05, 0) is 55.7 Å². The van der Waals surface area contributed by atoms with Crippen LogP contribution in [-0.2, 0) is 6.42 Å². The van der Waals surface area contributed by atoms with Crippen LogP contribution in [0.1, 0.15) is 34.2 Å². The van der Waals surface area contributed by atoms with Crippen LogP contribution in [0.5, 0.6) is 5.75 Å². The average molecular weight is 321 g/mol. The molecular weight excluding hydrogens is 302 g/mol. The van der Waals surface area contributed by atoms with E-state index >= 15 is 0 Å². The topological polar surface area (TPSA) is 57.0 Å². The van der Waals surface area contributed by atoms with Crippen molar-refractivity contribution in [1.29, 1.82) is 0 Å². The molecule has 0 saturated heterocycles. The summed E-state index contributed by atoms with van der Waals surface area (Å²) >= 11 is 0. The zero-order valence-electron chi connectivity index (χ0n) is 14.0. The summed E-state index contributed by atoms with van der Waals surface area (Å²) in [6, 6.07) is 15.4. The Balaban J connectivity index is 1.84. The third kappa shape index (κ3) is 3.20. The van der Waals surface area contributed by atoms with E-state index in [1.807, 2.05) is 43.3 Å². The van der Waals surface area contributed by atoms with Gasteiger partial charge in [-0.3, -0.25) is 0 Å². The molecule has 0 amide bonds. The lowest BCUT2D eigenvalue weighted by Crippen LogP contribution is -2.11. The predicted molar refractivity (Wildman–Crippen MR) is 91.6 cm³/mol. The number of carbonyl (C=O) groups is 1. The molecule has 0 unspecified atom stereocenters. The first-order valence-electron chi connectivity index (χ1n) is 7.89. The number of rotatable bonds is 4. The third-order valence-electron chi connectivity index (χ3n) is 3.88. The van der Waals surface area contributed by atoms with Crippen molar-refractivity contribution in [1.82, 2.24) is 15.0 Å². The highest BCUT2D eigenvalue weighted by Gasteiger charge is 2.19. The number of carbonyl (C=O) groups excluding carboxylic acids is 1.